The standard InChI is InChI=1S/C11H13NO4/c1-7(13)8-3-4-10(14)9(5-8)12-11(15)6-16-2/h3-5,14H,6H2,1-2H3,(H,12,15). The van der Waals surface area contributed by atoms with Crippen LogP contribution in [0.4, 0.5) is 5.69 Å². The molecular weight excluding hydrogens is 210 g/mol. The van der Waals surface area contributed by atoms with Crippen molar-refractivity contribution < 1.29 is 19.4 Å². The number of hydrogen-bond acceptors (Lipinski definition) is 4. The molecule has 0 saturated heterocycles. The molecule has 5 nitrogen and oxygen atoms in total. The minimum atomic E-state index is -0.390. The maximum Gasteiger partial charge on any atom is 0.250 e. The summed E-state index contributed by atoms with van der Waals surface area (Å²) in [4.78, 5) is 22.3. The van der Waals surface area contributed by atoms with Crippen LogP contribution in [0, 0.1) is 0 Å². The number of phenols is 1. The van der Waals surface area contributed by atoms with Crippen LogP contribution in [0.25, 0.3) is 0 Å². The Labute approximate surface area is 93.0 Å². The van der Waals surface area contributed by atoms with Crippen LogP contribution in [0.15, 0.2) is 18.2 Å². The molecule has 0 bridgehead atoms. The summed E-state index contributed by atoms with van der Waals surface area (Å²) in [6.07, 6.45) is 0. The van der Waals surface area contributed by atoms with E-state index in [2.05, 4.69) is 10.1 Å². The zero-order valence-electron chi connectivity index (χ0n) is 9.11. The topological polar surface area (TPSA) is 75.6 Å². The van der Waals surface area contributed by atoms with Gasteiger partial charge in [0.25, 0.3) is 0 Å². The van der Waals surface area contributed by atoms with Crippen LogP contribution in [0.5, 0.6) is 5.75 Å². The highest BCUT2D eigenvalue weighted by Gasteiger charge is 2.08. The summed E-state index contributed by atoms with van der Waals surface area (Å²) >= 11 is 0. The third kappa shape index (κ3) is 3.06. The van der Waals surface area contributed by atoms with Crippen LogP contribution in [0.3, 0.4) is 0 Å². The van der Waals surface area contributed by atoms with Gasteiger partial charge in [0.15, 0.2) is 5.78 Å². The molecule has 2 N–H and O–H groups in total. The van der Waals surface area contributed by atoms with Crippen molar-refractivity contribution >= 4 is 17.4 Å². The summed E-state index contributed by atoms with van der Waals surface area (Å²) in [6, 6.07) is 4.27. The summed E-state index contributed by atoms with van der Waals surface area (Å²) in [5, 5.41) is 11.9. The molecule has 0 aromatic heterocycles. The first-order chi connectivity index (χ1) is 7.54. The third-order valence-electron chi connectivity index (χ3n) is 1.95. The summed E-state index contributed by atoms with van der Waals surface area (Å²) < 4.78 is 4.63. The molecule has 0 unspecified atom stereocenters. The van der Waals surface area contributed by atoms with E-state index in [1.165, 1.54) is 32.2 Å². The van der Waals surface area contributed by atoms with Crippen LogP contribution in [0.1, 0.15) is 17.3 Å². The zero-order valence-corrected chi connectivity index (χ0v) is 9.11. The first-order valence-corrected chi connectivity index (χ1v) is 4.67. The van der Waals surface area contributed by atoms with E-state index < -0.39 is 5.91 Å². The minimum absolute atomic E-state index is 0.0885. The van der Waals surface area contributed by atoms with Gasteiger partial charge in [0.1, 0.15) is 12.4 Å². The first-order valence-electron chi connectivity index (χ1n) is 4.67. The number of Topliss-reactive ketones (excluding diaryl/α,β-unsaturated/α-hetero) is 1. The lowest BCUT2D eigenvalue weighted by atomic mass is 10.1. The fraction of sp³-hybridized carbons (Fsp3) is 0.273. The Hall–Kier alpha value is -1.88. The van der Waals surface area contributed by atoms with Gasteiger partial charge in [-0.2, -0.15) is 0 Å². The number of ether oxygens (including phenoxy) is 1. The largest absolute Gasteiger partial charge is 0.506 e. The van der Waals surface area contributed by atoms with Gasteiger partial charge in [0, 0.05) is 12.7 Å². The van der Waals surface area contributed by atoms with Gasteiger partial charge < -0.3 is 15.2 Å². The highest BCUT2D eigenvalue weighted by Crippen LogP contribution is 2.24. The van der Waals surface area contributed by atoms with Crippen molar-refractivity contribution in [2.24, 2.45) is 0 Å². The first kappa shape index (κ1) is 12.2. The van der Waals surface area contributed by atoms with Crippen LogP contribution >= 0.6 is 0 Å². The molecule has 1 rings (SSSR count). The number of carbonyl (C=O) groups excluding carboxylic acids is 2. The number of carbonyl (C=O) groups is 2. The Morgan fingerprint density at radius 1 is 1.44 bits per heavy atom. The molecule has 86 valence electrons. The lowest BCUT2D eigenvalue weighted by Crippen LogP contribution is -2.17. The summed E-state index contributed by atoms with van der Waals surface area (Å²) in [5.41, 5.74) is 0.625. The normalized spacial score (nSPS) is 9.88. The van der Waals surface area contributed by atoms with Gasteiger partial charge in [0.2, 0.25) is 5.91 Å². The molecule has 0 radical (unpaired) electrons. The summed E-state index contributed by atoms with van der Waals surface area (Å²) in [6.45, 7) is 1.30. The molecule has 1 aromatic rings. The molecule has 0 spiro atoms. The second kappa shape index (κ2) is 5.27. The fourth-order valence-corrected chi connectivity index (χ4v) is 1.17. The van der Waals surface area contributed by atoms with Crippen LogP contribution < -0.4 is 5.32 Å². The van der Waals surface area contributed by atoms with Crippen LogP contribution in [-0.4, -0.2) is 30.5 Å². The molecule has 1 amide bonds. The van der Waals surface area contributed by atoms with Crippen molar-refractivity contribution in [3.05, 3.63) is 23.8 Å². The number of rotatable bonds is 4. The second-order valence-electron chi connectivity index (χ2n) is 3.27. The molecule has 0 fully saturated rings. The Bertz CT molecular complexity index is 414. The molecule has 16 heavy (non-hydrogen) atoms. The van der Waals surface area contributed by atoms with Crippen molar-refractivity contribution in [2.75, 3.05) is 19.0 Å². The molecule has 0 saturated carbocycles. The maximum absolute atomic E-state index is 11.2. The Balaban J connectivity index is 2.90. The average molecular weight is 223 g/mol. The van der Waals surface area contributed by atoms with Gasteiger partial charge in [-0.1, -0.05) is 0 Å². The van der Waals surface area contributed by atoms with E-state index in [1.807, 2.05) is 0 Å². The van der Waals surface area contributed by atoms with E-state index in [-0.39, 0.29) is 23.8 Å². The number of methoxy groups -OCH3 is 1. The highest BCUT2D eigenvalue weighted by atomic mass is 16.5. The Morgan fingerprint density at radius 2 is 2.12 bits per heavy atom. The van der Waals surface area contributed by atoms with E-state index in [9.17, 15) is 14.7 Å². The van der Waals surface area contributed by atoms with Gasteiger partial charge in [-0.25, -0.2) is 0 Å². The van der Waals surface area contributed by atoms with E-state index in [0.717, 1.165) is 0 Å². The maximum atomic E-state index is 11.2. The number of aromatic hydroxyl groups is 1. The van der Waals surface area contributed by atoms with Gasteiger partial charge in [-0.15, -0.1) is 0 Å². The van der Waals surface area contributed by atoms with Crippen LogP contribution in [-0.2, 0) is 9.53 Å². The molecular formula is C11H13NO4. The highest BCUT2D eigenvalue weighted by molar-refractivity contribution is 5.98. The Morgan fingerprint density at radius 3 is 2.69 bits per heavy atom. The van der Waals surface area contributed by atoms with Crippen molar-refractivity contribution in [3.8, 4) is 5.75 Å². The van der Waals surface area contributed by atoms with Crippen molar-refractivity contribution in [1.82, 2.24) is 0 Å². The molecule has 0 heterocycles. The number of benzene rings is 1. The monoisotopic (exact) mass is 223 g/mol. The predicted molar refractivity (Wildman–Crippen MR) is 58.6 cm³/mol. The van der Waals surface area contributed by atoms with Gasteiger partial charge >= 0.3 is 0 Å². The molecule has 0 aliphatic rings. The third-order valence-corrected chi connectivity index (χ3v) is 1.95. The minimum Gasteiger partial charge on any atom is -0.506 e. The number of nitrogens with one attached hydrogen (secondary N) is 1. The smallest absolute Gasteiger partial charge is 0.250 e. The predicted octanol–water partition coefficient (Wildman–Crippen LogP) is 1.18. The van der Waals surface area contributed by atoms with Gasteiger partial charge in [-0.05, 0) is 25.1 Å². The number of ketones is 1. The molecule has 0 aliphatic carbocycles. The summed E-state index contributed by atoms with van der Waals surface area (Å²) in [7, 11) is 1.39. The second-order valence-corrected chi connectivity index (χ2v) is 3.27. The number of hydrogen-bond donors (Lipinski definition) is 2. The molecule has 5 heteroatoms. The zero-order chi connectivity index (χ0) is 12.1. The number of anilines is 1. The van der Waals surface area contributed by atoms with Crippen LogP contribution in [0.2, 0.25) is 0 Å². The lowest BCUT2D eigenvalue weighted by Gasteiger charge is -2.07. The van der Waals surface area contributed by atoms with E-state index in [0.29, 0.717) is 5.56 Å². The lowest BCUT2D eigenvalue weighted by molar-refractivity contribution is -0.119. The summed E-state index contributed by atoms with van der Waals surface area (Å²) in [5.74, 6) is -0.616. The number of amides is 1. The number of phenolic OH excluding ortho intramolecular Hbond substituents is 1. The van der Waals surface area contributed by atoms with Crippen molar-refractivity contribution in [1.29, 1.82) is 0 Å². The van der Waals surface area contributed by atoms with E-state index in [1.54, 1.807) is 0 Å². The SMILES string of the molecule is COCC(=O)Nc1cc(C(C)=O)ccc1O. The van der Waals surface area contributed by atoms with Gasteiger partial charge in [0.05, 0.1) is 5.69 Å². The molecule has 0 atom stereocenters. The van der Waals surface area contributed by atoms with Gasteiger partial charge in [-0.3, -0.25) is 9.59 Å². The Kier molecular flexibility index (Phi) is 4.02. The average Bonchev–Trinajstić information content (AvgIpc) is 2.21. The van der Waals surface area contributed by atoms with E-state index >= 15 is 0 Å². The molecule has 1 aromatic carbocycles. The van der Waals surface area contributed by atoms with Crippen molar-refractivity contribution in [3.63, 3.8) is 0 Å². The van der Waals surface area contributed by atoms with Crippen molar-refractivity contribution in [2.45, 2.75) is 6.92 Å². The van der Waals surface area contributed by atoms with E-state index in [4.69, 9.17) is 0 Å². The quantitative estimate of drug-likeness (QED) is 0.593. The fourth-order valence-electron chi connectivity index (χ4n) is 1.17. The molecule has 0 aliphatic heterocycles.